The molecule has 1 fully saturated rings. The van der Waals surface area contributed by atoms with Crippen molar-refractivity contribution in [1.29, 1.82) is 0 Å². The fourth-order valence-corrected chi connectivity index (χ4v) is 3.53. The standard InChI is InChI=1S/C13H23N5OS/c1-20-13(12(14)16-19)3-8-17(9-4-13)6-2-7-18-10-5-15-11-18/h5,10-11,19H,2-4,6-9H2,1H3,(H2,14,16). The molecule has 0 aliphatic carbocycles. The Kier molecular flexibility index (Phi) is 5.31. The van der Waals surface area contributed by atoms with Crippen molar-refractivity contribution in [3.8, 4) is 0 Å². The predicted molar refractivity (Wildman–Crippen MR) is 82.2 cm³/mol. The molecule has 6 nitrogen and oxygen atoms in total. The summed E-state index contributed by atoms with van der Waals surface area (Å²) in [6.45, 7) is 4.09. The monoisotopic (exact) mass is 297 g/mol. The lowest BCUT2D eigenvalue weighted by atomic mass is 9.94. The molecule has 3 N–H and O–H groups in total. The number of nitrogens with zero attached hydrogens (tertiary/aromatic N) is 4. The van der Waals surface area contributed by atoms with E-state index in [0.717, 1.165) is 45.4 Å². The van der Waals surface area contributed by atoms with Crippen molar-refractivity contribution < 1.29 is 5.21 Å². The van der Waals surface area contributed by atoms with Crippen molar-refractivity contribution in [2.75, 3.05) is 25.9 Å². The van der Waals surface area contributed by atoms with Crippen LogP contribution in [-0.4, -0.2) is 56.1 Å². The molecule has 112 valence electrons. The molecule has 0 spiro atoms. The van der Waals surface area contributed by atoms with Gasteiger partial charge in [-0.1, -0.05) is 5.16 Å². The van der Waals surface area contributed by atoms with E-state index in [0.29, 0.717) is 5.84 Å². The van der Waals surface area contributed by atoms with E-state index in [-0.39, 0.29) is 4.75 Å². The molecular formula is C13H23N5OS. The zero-order valence-corrected chi connectivity index (χ0v) is 12.7. The Morgan fingerprint density at radius 2 is 2.20 bits per heavy atom. The van der Waals surface area contributed by atoms with Crippen LogP contribution in [0.3, 0.4) is 0 Å². The van der Waals surface area contributed by atoms with Gasteiger partial charge >= 0.3 is 0 Å². The van der Waals surface area contributed by atoms with Gasteiger partial charge in [-0.15, -0.1) is 0 Å². The highest BCUT2D eigenvalue weighted by Crippen LogP contribution is 2.34. The summed E-state index contributed by atoms with van der Waals surface area (Å²) < 4.78 is 1.92. The van der Waals surface area contributed by atoms with E-state index in [1.165, 1.54) is 0 Å². The Bertz CT molecular complexity index is 426. The number of imidazole rings is 1. The first-order chi connectivity index (χ1) is 9.70. The molecule has 1 saturated heterocycles. The fourth-order valence-electron chi connectivity index (χ4n) is 2.69. The van der Waals surface area contributed by atoms with Crippen LogP contribution in [0.4, 0.5) is 0 Å². The lowest BCUT2D eigenvalue weighted by molar-refractivity contribution is 0.211. The molecule has 0 bridgehead atoms. The van der Waals surface area contributed by atoms with Crippen molar-refractivity contribution in [3.05, 3.63) is 18.7 Å². The van der Waals surface area contributed by atoms with Gasteiger partial charge in [0.05, 0.1) is 11.1 Å². The molecule has 0 atom stereocenters. The van der Waals surface area contributed by atoms with E-state index in [1.54, 1.807) is 11.8 Å². The first kappa shape index (κ1) is 15.2. The van der Waals surface area contributed by atoms with Crippen LogP contribution in [0.5, 0.6) is 0 Å². The maximum Gasteiger partial charge on any atom is 0.155 e. The summed E-state index contributed by atoms with van der Waals surface area (Å²) in [7, 11) is 0. The van der Waals surface area contributed by atoms with E-state index < -0.39 is 0 Å². The lowest BCUT2D eigenvalue weighted by Crippen LogP contribution is -2.50. The van der Waals surface area contributed by atoms with E-state index >= 15 is 0 Å². The number of oxime groups is 1. The van der Waals surface area contributed by atoms with Crippen LogP contribution in [0.2, 0.25) is 0 Å². The zero-order valence-electron chi connectivity index (χ0n) is 11.9. The minimum atomic E-state index is -0.185. The Morgan fingerprint density at radius 1 is 1.45 bits per heavy atom. The topological polar surface area (TPSA) is 79.7 Å². The first-order valence-electron chi connectivity index (χ1n) is 6.91. The lowest BCUT2D eigenvalue weighted by Gasteiger charge is -2.39. The number of hydrogen-bond donors (Lipinski definition) is 2. The highest BCUT2D eigenvalue weighted by molar-refractivity contribution is 8.00. The minimum absolute atomic E-state index is 0.185. The highest BCUT2D eigenvalue weighted by atomic mass is 32.2. The van der Waals surface area contributed by atoms with Crippen LogP contribution < -0.4 is 5.73 Å². The normalized spacial score (nSPS) is 20.1. The zero-order chi connectivity index (χ0) is 14.4. The number of amidine groups is 1. The molecule has 0 saturated carbocycles. The summed E-state index contributed by atoms with van der Waals surface area (Å²) >= 11 is 1.69. The quantitative estimate of drug-likeness (QED) is 0.357. The van der Waals surface area contributed by atoms with Crippen LogP contribution in [0.25, 0.3) is 0 Å². The van der Waals surface area contributed by atoms with Crippen LogP contribution in [-0.2, 0) is 6.54 Å². The molecule has 1 aliphatic heterocycles. The first-order valence-corrected chi connectivity index (χ1v) is 8.14. The molecule has 0 aromatic carbocycles. The van der Waals surface area contributed by atoms with E-state index in [4.69, 9.17) is 10.9 Å². The molecule has 2 heterocycles. The highest BCUT2D eigenvalue weighted by Gasteiger charge is 2.37. The molecule has 2 rings (SSSR count). The van der Waals surface area contributed by atoms with Crippen molar-refractivity contribution >= 4 is 17.6 Å². The van der Waals surface area contributed by atoms with E-state index in [9.17, 15) is 0 Å². The second-order valence-corrected chi connectivity index (χ2v) is 6.37. The number of piperidine rings is 1. The van der Waals surface area contributed by atoms with Gasteiger partial charge in [0, 0.05) is 18.9 Å². The Balaban J connectivity index is 1.76. The summed E-state index contributed by atoms with van der Waals surface area (Å²) in [4.78, 5) is 6.50. The predicted octanol–water partition coefficient (Wildman–Crippen LogP) is 1.22. The third kappa shape index (κ3) is 3.46. The SMILES string of the molecule is CSC1(C(N)=NO)CCN(CCCn2ccnc2)CC1. The van der Waals surface area contributed by atoms with Gasteiger partial charge < -0.3 is 20.4 Å². The smallest absolute Gasteiger partial charge is 0.155 e. The molecule has 1 aromatic rings. The van der Waals surface area contributed by atoms with Gasteiger partial charge in [0.1, 0.15) is 0 Å². The second kappa shape index (κ2) is 6.99. The summed E-state index contributed by atoms with van der Waals surface area (Å²) in [5, 5.41) is 12.1. The van der Waals surface area contributed by atoms with E-state index in [2.05, 4.69) is 19.6 Å². The number of aryl methyl sites for hydroxylation is 1. The minimum Gasteiger partial charge on any atom is -0.409 e. The third-order valence-electron chi connectivity index (χ3n) is 4.08. The number of aromatic nitrogens is 2. The van der Waals surface area contributed by atoms with E-state index in [1.807, 2.05) is 25.0 Å². The van der Waals surface area contributed by atoms with Crippen molar-refractivity contribution in [2.24, 2.45) is 10.9 Å². The number of rotatable bonds is 6. The summed E-state index contributed by atoms with van der Waals surface area (Å²) in [5.41, 5.74) is 5.85. The van der Waals surface area contributed by atoms with Gasteiger partial charge in [0.15, 0.2) is 5.84 Å². The van der Waals surface area contributed by atoms with Gasteiger partial charge in [-0.25, -0.2) is 4.98 Å². The Labute approximate surface area is 124 Å². The second-order valence-electron chi connectivity index (χ2n) is 5.18. The average molecular weight is 297 g/mol. The molecule has 7 heteroatoms. The Hall–Kier alpha value is -1.21. The van der Waals surface area contributed by atoms with Crippen molar-refractivity contribution in [2.45, 2.75) is 30.6 Å². The molecule has 20 heavy (non-hydrogen) atoms. The fraction of sp³-hybridized carbons (Fsp3) is 0.692. The average Bonchev–Trinajstić information content (AvgIpc) is 3.00. The van der Waals surface area contributed by atoms with Gasteiger partial charge in [-0.3, -0.25) is 0 Å². The summed E-state index contributed by atoms with van der Waals surface area (Å²) in [6.07, 6.45) is 10.7. The van der Waals surface area contributed by atoms with Crippen molar-refractivity contribution in [3.63, 3.8) is 0 Å². The maximum atomic E-state index is 8.92. The van der Waals surface area contributed by atoms with Gasteiger partial charge in [0.2, 0.25) is 0 Å². The van der Waals surface area contributed by atoms with Crippen LogP contribution in [0, 0.1) is 0 Å². The van der Waals surface area contributed by atoms with Crippen LogP contribution >= 0.6 is 11.8 Å². The van der Waals surface area contributed by atoms with Gasteiger partial charge in [0.25, 0.3) is 0 Å². The molecule has 1 aliphatic rings. The summed E-state index contributed by atoms with van der Waals surface area (Å²) in [5.74, 6) is 0.364. The molecule has 0 amide bonds. The number of thioether (sulfide) groups is 1. The maximum absolute atomic E-state index is 8.92. The summed E-state index contributed by atoms with van der Waals surface area (Å²) in [6, 6.07) is 0. The number of likely N-dealkylation sites (tertiary alicyclic amines) is 1. The number of hydrogen-bond acceptors (Lipinski definition) is 5. The molecule has 0 unspecified atom stereocenters. The Morgan fingerprint density at radius 3 is 2.75 bits per heavy atom. The van der Waals surface area contributed by atoms with Gasteiger partial charge in [-0.2, -0.15) is 11.8 Å². The third-order valence-corrected chi connectivity index (χ3v) is 5.48. The van der Waals surface area contributed by atoms with Crippen molar-refractivity contribution in [1.82, 2.24) is 14.5 Å². The molecular weight excluding hydrogens is 274 g/mol. The molecule has 1 aromatic heterocycles. The van der Waals surface area contributed by atoms with Crippen LogP contribution in [0.15, 0.2) is 23.9 Å². The molecule has 0 radical (unpaired) electrons. The van der Waals surface area contributed by atoms with Crippen LogP contribution in [0.1, 0.15) is 19.3 Å². The van der Waals surface area contributed by atoms with Gasteiger partial charge in [-0.05, 0) is 45.2 Å². The largest absolute Gasteiger partial charge is 0.409 e. The number of nitrogens with two attached hydrogens (primary N) is 1.